The first-order valence-corrected chi connectivity index (χ1v) is 11.2. The topological polar surface area (TPSA) is 55.9 Å². The molecule has 2 amide bonds. The Hall–Kier alpha value is -2.57. The summed E-state index contributed by atoms with van der Waals surface area (Å²) in [6.45, 7) is 9.43. The van der Waals surface area contributed by atoms with Crippen LogP contribution < -0.4 is 10.2 Å². The summed E-state index contributed by atoms with van der Waals surface area (Å²) in [7, 11) is 0. The lowest BCUT2D eigenvalue weighted by Crippen LogP contribution is -2.46. The van der Waals surface area contributed by atoms with Crippen molar-refractivity contribution in [1.82, 2.24) is 9.80 Å². The summed E-state index contributed by atoms with van der Waals surface area (Å²) in [6, 6.07) is 15.4. The van der Waals surface area contributed by atoms with Gasteiger partial charge < -0.3 is 20.0 Å². The molecule has 0 radical (unpaired) electrons. The van der Waals surface area contributed by atoms with E-state index < -0.39 is 0 Å². The molecule has 1 aliphatic heterocycles. The minimum atomic E-state index is -0.130. The maximum atomic E-state index is 12.7. The molecular formula is C24H31ClN4O2. The second kappa shape index (κ2) is 11.2. The average Bonchev–Trinajstić information content (AvgIpc) is 2.77. The highest BCUT2D eigenvalue weighted by atomic mass is 35.5. The summed E-state index contributed by atoms with van der Waals surface area (Å²) in [5.74, 6) is -0.177. The van der Waals surface area contributed by atoms with Gasteiger partial charge in [0, 0.05) is 57.6 Å². The predicted molar refractivity (Wildman–Crippen MR) is 127 cm³/mol. The lowest BCUT2D eigenvalue weighted by atomic mass is 10.2. The largest absolute Gasteiger partial charge is 0.367 e. The standard InChI is InChI=1S/C24H31ClN4O2/c1-3-27-13-15-28(16-14-27)23-10-9-21(25)17-22(23)26-24(31)11-12-29(19(2)30)18-20-7-5-4-6-8-20/h4-10,17H,3,11-16,18H2,1-2H3,(H,26,31). The lowest BCUT2D eigenvalue weighted by molar-refractivity contribution is -0.129. The Morgan fingerprint density at radius 3 is 2.42 bits per heavy atom. The highest BCUT2D eigenvalue weighted by Crippen LogP contribution is 2.30. The molecule has 0 aromatic heterocycles. The molecule has 7 heteroatoms. The van der Waals surface area contributed by atoms with Crippen molar-refractivity contribution in [3.63, 3.8) is 0 Å². The molecule has 166 valence electrons. The van der Waals surface area contributed by atoms with Gasteiger partial charge in [0.15, 0.2) is 0 Å². The van der Waals surface area contributed by atoms with Gasteiger partial charge >= 0.3 is 0 Å². The smallest absolute Gasteiger partial charge is 0.226 e. The zero-order valence-corrected chi connectivity index (χ0v) is 19.1. The number of halogens is 1. The van der Waals surface area contributed by atoms with Crippen LogP contribution in [0.5, 0.6) is 0 Å². The monoisotopic (exact) mass is 442 g/mol. The molecule has 2 aromatic carbocycles. The molecule has 0 atom stereocenters. The van der Waals surface area contributed by atoms with Crippen molar-refractivity contribution in [2.75, 3.05) is 49.5 Å². The van der Waals surface area contributed by atoms with Gasteiger partial charge in [0.05, 0.1) is 11.4 Å². The summed E-state index contributed by atoms with van der Waals surface area (Å²) >= 11 is 6.21. The maximum Gasteiger partial charge on any atom is 0.226 e. The number of carbonyl (C=O) groups excluding carboxylic acids is 2. The number of hydrogen-bond donors (Lipinski definition) is 1. The van der Waals surface area contributed by atoms with Crippen LogP contribution in [0.15, 0.2) is 48.5 Å². The first kappa shape index (κ1) is 23.1. The lowest BCUT2D eigenvalue weighted by Gasteiger charge is -2.36. The van der Waals surface area contributed by atoms with Crippen molar-refractivity contribution in [1.29, 1.82) is 0 Å². The first-order valence-electron chi connectivity index (χ1n) is 10.8. The minimum absolute atomic E-state index is 0.0473. The quantitative estimate of drug-likeness (QED) is 0.674. The van der Waals surface area contributed by atoms with E-state index in [-0.39, 0.29) is 18.2 Å². The molecule has 0 spiro atoms. The Bertz CT molecular complexity index is 882. The second-order valence-corrected chi connectivity index (χ2v) is 8.24. The molecule has 1 heterocycles. The number of hydrogen-bond acceptors (Lipinski definition) is 4. The number of benzene rings is 2. The molecule has 1 saturated heterocycles. The molecule has 2 aromatic rings. The molecule has 3 rings (SSSR count). The second-order valence-electron chi connectivity index (χ2n) is 7.81. The average molecular weight is 443 g/mol. The van der Waals surface area contributed by atoms with E-state index in [0.29, 0.717) is 18.1 Å². The van der Waals surface area contributed by atoms with E-state index in [1.165, 1.54) is 6.92 Å². The summed E-state index contributed by atoms with van der Waals surface area (Å²) in [6.07, 6.45) is 0.224. The number of nitrogens with zero attached hydrogens (tertiary/aromatic N) is 3. The summed E-state index contributed by atoms with van der Waals surface area (Å²) < 4.78 is 0. The third kappa shape index (κ3) is 6.71. The van der Waals surface area contributed by atoms with E-state index in [1.54, 1.807) is 11.0 Å². The van der Waals surface area contributed by atoms with Crippen LogP contribution in [-0.2, 0) is 16.1 Å². The van der Waals surface area contributed by atoms with Gasteiger partial charge in [-0.05, 0) is 30.3 Å². The van der Waals surface area contributed by atoms with E-state index in [1.807, 2.05) is 42.5 Å². The highest BCUT2D eigenvalue weighted by molar-refractivity contribution is 6.31. The summed E-state index contributed by atoms with van der Waals surface area (Å²) in [5, 5.41) is 3.60. The van der Waals surface area contributed by atoms with E-state index in [4.69, 9.17) is 11.6 Å². The molecular weight excluding hydrogens is 412 g/mol. The van der Waals surface area contributed by atoms with Crippen LogP contribution in [0, 0.1) is 0 Å². The number of carbonyl (C=O) groups is 2. The van der Waals surface area contributed by atoms with Crippen molar-refractivity contribution < 1.29 is 9.59 Å². The molecule has 0 unspecified atom stereocenters. The van der Waals surface area contributed by atoms with Gasteiger partial charge in [-0.25, -0.2) is 0 Å². The Morgan fingerprint density at radius 2 is 1.77 bits per heavy atom. The van der Waals surface area contributed by atoms with Gasteiger partial charge in [-0.15, -0.1) is 0 Å². The van der Waals surface area contributed by atoms with Crippen molar-refractivity contribution in [2.45, 2.75) is 26.8 Å². The number of anilines is 2. The molecule has 1 aliphatic rings. The van der Waals surface area contributed by atoms with Gasteiger partial charge in [0.1, 0.15) is 0 Å². The Kier molecular flexibility index (Phi) is 8.32. The van der Waals surface area contributed by atoms with Crippen LogP contribution in [0.3, 0.4) is 0 Å². The fourth-order valence-electron chi connectivity index (χ4n) is 3.79. The minimum Gasteiger partial charge on any atom is -0.367 e. The third-order valence-electron chi connectivity index (χ3n) is 5.66. The van der Waals surface area contributed by atoms with Crippen molar-refractivity contribution in [3.05, 3.63) is 59.1 Å². The number of likely N-dealkylation sites (N-methyl/N-ethyl adjacent to an activating group) is 1. The summed E-state index contributed by atoms with van der Waals surface area (Å²) in [5.41, 5.74) is 2.75. The normalized spacial score (nSPS) is 14.4. The third-order valence-corrected chi connectivity index (χ3v) is 5.90. The zero-order valence-electron chi connectivity index (χ0n) is 18.3. The van der Waals surface area contributed by atoms with Crippen molar-refractivity contribution in [3.8, 4) is 0 Å². The zero-order chi connectivity index (χ0) is 22.2. The molecule has 0 aliphatic carbocycles. The molecule has 1 fully saturated rings. The van der Waals surface area contributed by atoms with Crippen LogP contribution in [0.1, 0.15) is 25.8 Å². The molecule has 1 N–H and O–H groups in total. The fourth-order valence-corrected chi connectivity index (χ4v) is 3.96. The van der Waals surface area contributed by atoms with Crippen LogP contribution in [0.4, 0.5) is 11.4 Å². The fraction of sp³-hybridized carbons (Fsp3) is 0.417. The SMILES string of the molecule is CCN1CCN(c2ccc(Cl)cc2NC(=O)CCN(Cc2ccccc2)C(C)=O)CC1. The Labute approximate surface area is 189 Å². The molecule has 31 heavy (non-hydrogen) atoms. The maximum absolute atomic E-state index is 12.7. The van der Waals surface area contributed by atoms with E-state index in [9.17, 15) is 9.59 Å². The Balaban J connectivity index is 1.61. The summed E-state index contributed by atoms with van der Waals surface area (Å²) in [4.78, 5) is 31.1. The molecule has 0 bridgehead atoms. The van der Waals surface area contributed by atoms with E-state index in [0.717, 1.165) is 49.7 Å². The van der Waals surface area contributed by atoms with Crippen LogP contribution in [-0.4, -0.2) is 60.9 Å². The van der Waals surface area contributed by atoms with Gasteiger partial charge in [-0.2, -0.15) is 0 Å². The predicted octanol–water partition coefficient (Wildman–Crippen LogP) is 3.86. The van der Waals surface area contributed by atoms with E-state index in [2.05, 4.69) is 22.0 Å². The van der Waals surface area contributed by atoms with Crippen molar-refractivity contribution in [2.24, 2.45) is 0 Å². The van der Waals surface area contributed by atoms with Gasteiger partial charge in [-0.1, -0.05) is 48.9 Å². The highest BCUT2D eigenvalue weighted by Gasteiger charge is 2.20. The van der Waals surface area contributed by atoms with Crippen LogP contribution in [0.2, 0.25) is 5.02 Å². The van der Waals surface area contributed by atoms with Crippen molar-refractivity contribution >= 4 is 34.8 Å². The number of amides is 2. The van der Waals surface area contributed by atoms with Crippen LogP contribution in [0.25, 0.3) is 0 Å². The van der Waals surface area contributed by atoms with Gasteiger partial charge in [0.25, 0.3) is 0 Å². The molecule has 6 nitrogen and oxygen atoms in total. The van der Waals surface area contributed by atoms with E-state index >= 15 is 0 Å². The van der Waals surface area contributed by atoms with Crippen LogP contribution >= 0.6 is 11.6 Å². The molecule has 0 saturated carbocycles. The Morgan fingerprint density at radius 1 is 1.06 bits per heavy atom. The number of rotatable bonds is 8. The first-order chi connectivity index (χ1) is 15.0. The number of piperazine rings is 1. The van der Waals surface area contributed by atoms with Gasteiger partial charge in [-0.3, -0.25) is 9.59 Å². The van der Waals surface area contributed by atoms with Gasteiger partial charge in [0.2, 0.25) is 11.8 Å². The number of nitrogens with one attached hydrogen (secondary N) is 1.